The van der Waals surface area contributed by atoms with Crippen molar-refractivity contribution >= 4 is 70.4 Å². The van der Waals surface area contributed by atoms with Crippen molar-refractivity contribution in [2.75, 3.05) is 4.90 Å². The van der Waals surface area contributed by atoms with Gasteiger partial charge in [-0.3, -0.25) is 0 Å². The molecule has 268 valence electrons. The largest absolute Gasteiger partial charge is 0.310 e. The lowest BCUT2D eigenvalue weighted by Crippen LogP contribution is -2.11. The molecule has 11 aromatic rings. The van der Waals surface area contributed by atoms with E-state index in [1.807, 2.05) is 11.3 Å². The van der Waals surface area contributed by atoms with Gasteiger partial charge in [-0.05, 0) is 94.5 Å². The van der Waals surface area contributed by atoms with Crippen LogP contribution in [0.5, 0.6) is 0 Å². The normalized spacial score (nSPS) is 11.5. The Balaban J connectivity index is 1.02. The van der Waals surface area contributed by atoms with Gasteiger partial charge in [0.25, 0.3) is 0 Å². The first-order valence-corrected chi connectivity index (χ1v) is 20.2. The fourth-order valence-corrected chi connectivity index (χ4v) is 9.64. The summed E-state index contributed by atoms with van der Waals surface area (Å²) >= 11 is 1.87. The minimum Gasteiger partial charge on any atom is -0.310 e. The molecule has 0 N–H and O–H groups in total. The van der Waals surface area contributed by atoms with E-state index in [0.29, 0.717) is 0 Å². The first-order chi connectivity index (χ1) is 28.3. The van der Waals surface area contributed by atoms with Crippen LogP contribution in [0.3, 0.4) is 0 Å². The molecule has 3 heteroatoms. The van der Waals surface area contributed by atoms with Crippen molar-refractivity contribution in [3.63, 3.8) is 0 Å². The van der Waals surface area contributed by atoms with Crippen LogP contribution in [0.15, 0.2) is 218 Å². The molecular formula is C54H36N2S. The van der Waals surface area contributed by atoms with Crippen LogP contribution in [0.4, 0.5) is 17.1 Å². The van der Waals surface area contributed by atoms with E-state index in [0.717, 1.165) is 17.1 Å². The highest BCUT2D eigenvalue weighted by Gasteiger charge is 2.19. The van der Waals surface area contributed by atoms with E-state index in [2.05, 4.69) is 228 Å². The van der Waals surface area contributed by atoms with E-state index in [1.54, 1.807) is 0 Å². The minimum atomic E-state index is 1.11. The van der Waals surface area contributed by atoms with Gasteiger partial charge in [0.05, 0.1) is 16.7 Å². The van der Waals surface area contributed by atoms with Crippen molar-refractivity contribution in [3.8, 4) is 39.1 Å². The second kappa shape index (κ2) is 13.8. The van der Waals surface area contributed by atoms with Crippen molar-refractivity contribution in [1.29, 1.82) is 0 Å². The lowest BCUT2D eigenvalue weighted by atomic mass is 9.96. The Kier molecular flexibility index (Phi) is 8.04. The summed E-state index contributed by atoms with van der Waals surface area (Å²) in [6.07, 6.45) is 0. The van der Waals surface area contributed by atoms with Gasteiger partial charge >= 0.3 is 0 Å². The molecule has 0 bridgehead atoms. The average molecular weight is 745 g/mol. The Bertz CT molecular complexity index is 3230. The molecule has 0 spiro atoms. The second-order valence-corrected chi connectivity index (χ2v) is 15.6. The molecule has 2 heterocycles. The number of aromatic nitrogens is 1. The summed E-state index contributed by atoms with van der Waals surface area (Å²) in [4.78, 5) is 2.37. The van der Waals surface area contributed by atoms with Gasteiger partial charge in [-0.15, -0.1) is 11.3 Å². The van der Waals surface area contributed by atoms with Crippen LogP contribution in [0.25, 0.3) is 81.0 Å². The standard InChI is InChI=1S/C54H36N2S/c1-3-14-37(15-4-1)38-26-29-43(30-27-38)55(42-18-5-2-6-19-42)50-23-10-7-20-45(50)41-17-13-16-39(34-41)40-28-32-47-46-21-8-11-24-51(46)56(52(47)35-40)44-31-33-49-48-22-9-12-25-53(48)57-54(49)36-44/h1-36H. The molecule has 0 saturated heterocycles. The summed E-state index contributed by atoms with van der Waals surface area (Å²) in [6, 6.07) is 79.3. The topological polar surface area (TPSA) is 8.17 Å². The molecular weight excluding hydrogens is 709 g/mol. The highest BCUT2D eigenvalue weighted by atomic mass is 32.1. The number of rotatable bonds is 7. The quantitative estimate of drug-likeness (QED) is 0.158. The van der Waals surface area contributed by atoms with Gasteiger partial charge in [0, 0.05) is 53.6 Å². The number of thiophene rings is 1. The van der Waals surface area contributed by atoms with Crippen molar-refractivity contribution in [2.24, 2.45) is 0 Å². The molecule has 0 aliphatic rings. The van der Waals surface area contributed by atoms with Gasteiger partial charge in [0.15, 0.2) is 0 Å². The molecule has 0 atom stereocenters. The van der Waals surface area contributed by atoms with E-state index in [4.69, 9.17) is 0 Å². The lowest BCUT2D eigenvalue weighted by molar-refractivity contribution is 1.19. The van der Waals surface area contributed by atoms with E-state index in [9.17, 15) is 0 Å². The monoisotopic (exact) mass is 744 g/mol. The molecule has 0 aliphatic carbocycles. The van der Waals surface area contributed by atoms with E-state index < -0.39 is 0 Å². The summed E-state index contributed by atoms with van der Waals surface area (Å²) in [6.45, 7) is 0. The SMILES string of the molecule is c1ccc(-c2ccc(N(c3ccccc3)c3ccccc3-c3cccc(-c4ccc5c6ccccc6n(-c6ccc7c(c6)sc6ccccc67)c5c4)c3)cc2)cc1. The maximum atomic E-state index is 2.44. The Hall–Kier alpha value is -7.20. The van der Waals surface area contributed by atoms with Crippen molar-refractivity contribution in [1.82, 2.24) is 4.57 Å². The number of hydrogen-bond acceptors (Lipinski definition) is 2. The third kappa shape index (κ3) is 5.80. The molecule has 11 rings (SSSR count). The van der Waals surface area contributed by atoms with Gasteiger partial charge in [-0.1, -0.05) is 152 Å². The molecule has 57 heavy (non-hydrogen) atoms. The lowest BCUT2D eigenvalue weighted by Gasteiger charge is -2.28. The zero-order valence-electron chi connectivity index (χ0n) is 31.1. The Morgan fingerprint density at radius 1 is 0.333 bits per heavy atom. The smallest absolute Gasteiger partial charge is 0.0547 e. The van der Waals surface area contributed by atoms with Crippen molar-refractivity contribution in [3.05, 3.63) is 218 Å². The fraction of sp³-hybridized carbons (Fsp3) is 0. The van der Waals surface area contributed by atoms with Crippen LogP contribution < -0.4 is 4.90 Å². The number of fused-ring (bicyclic) bond motifs is 6. The van der Waals surface area contributed by atoms with Crippen LogP contribution in [0, 0.1) is 0 Å². The minimum absolute atomic E-state index is 1.11. The Labute approximate surface area is 335 Å². The number of benzene rings is 9. The van der Waals surface area contributed by atoms with E-state index in [-0.39, 0.29) is 0 Å². The highest BCUT2D eigenvalue weighted by molar-refractivity contribution is 7.25. The molecule has 9 aromatic carbocycles. The first kappa shape index (κ1) is 33.2. The zero-order valence-corrected chi connectivity index (χ0v) is 31.9. The first-order valence-electron chi connectivity index (χ1n) is 19.4. The van der Waals surface area contributed by atoms with Crippen LogP contribution in [0.1, 0.15) is 0 Å². The summed E-state index contributed by atoms with van der Waals surface area (Å²) < 4.78 is 5.07. The van der Waals surface area contributed by atoms with Gasteiger partial charge in [-0.25, -0.2) is 0 Å². The number of nitrogens with zero attached hydrogens (tertiary/aromatic N) is 2. The Morgan fingerprint density at radius 2 is 0.912 bits per heavy atom. The summed E-state index contributed by atoms with van der Waals surface area (Å²) in [5.74, 6) is 0. The third-order valence-electron chi connectivity index (χ3n) is 11.2. The number of anilines is 3. The maximum absolute atomic E-state index is 2.44. The maximum Gasteiger partial charge on any atom is 0.0547 e. The predicted octanol–water partition coefficient (Wildman–Crippen LogP) is 15.6. The third-order valence-corrected chi connectivity index (χ3v) is 12.3. The highest BCUT2D eigenvalue weighted by Crippen LogP contribution is 2.43. The van der Waals surface area contributed by atoms with Gasteiger partial charge < -0.3 is 9.47 Å². The van der Waals surface area contributed by atoms with Gasteiger partial charge in [-0.2, -0.15) is 0 Å². The predicted molar refractivity (Wildman–Crippen MR) is 245 cm³/mol. The number of para-hydroxylation sites is 3. The van der Waals surface area contributed by atoms with Crippen LogP contribution in [0.2, 0.25) is 0 Å². The number of hydrogen-bond donors (Lipinski definition) is 0. The van der Waals surface area contributed by atoms with Crippen LogP contribution in [-0.2, 0) is 0 Å². The molecule has 0 amide bonds. The van der Waals surface area contributed by atoms with Crippen molar-refractivity contribution in [2.45, 2.75) is 0 Å². The summed E-state index contributed by atoms with van der Waals surface area (Å²) in [7, 11) is 0. The molecule has 2 aromatic heterocycles. The zero-order chi connectivity index (χ0) is 37.7. The summed E-state index contributed by atoms with van der Waals surface area (Å²) in [5.41, 5.74) is 14.1. The molecule has 0 unspecified atom stereocenters. The summed E-state index contributed by atoms with van der Waals surface area (Å²) in [5, 5.41) is 5.15. The molecule has 2 nitrogen and oxygen atoms in total. The molecule has 0 aliphatic heterocycles. The van der Waals surface area contributed by atoms with Crippen LogP contribution >= 0.6 is 11.3 Å². The molecule has 0 fully saturated rings. The molecule has 0 radical (unpaired) electrons. The van der Waals surface area contributed by atoms with Gasteiger partial charge in [0.1, 0.15) is 0 Å². The van der Waals surface area contributed by atoms with E-state index in [1.165, 1.54) is 81.0 Å². The van der Waals surface area contributed by atoms with Gasteiger partial charge in [0.2, 0.25) is 0 Å². The van der Waals surface area contributed by atoms with E-state index >= 15 is 0 Å². The fourth-order valence-electron chi connectivity index (χ4n) is 8.50. The average Bonchev–Trinajstić information content (AvgIpc) is 3.82. The Morgan fingerprint density at radius 3 is 1.77 bits per heavy atom. The second-order valence-electron chi connectivity index (χ2n) is 14.5. The molecule has 0 saturated carbocycles. The van der Waals surface area contributed by atoms with Crippen LogP contribution in [-0.4, -0.2) is 4.57 Å². The van der Waals surface area contributed by atoms with Crippen molar-refractivity contribution < 1.29 is 0 Å².